The van der Waals surface area contributed by atoms with Gasteiger partial charge in [0.2, 0.25) is 5.95 Å². The van der Waals surface area contributed by atoms with Crippen LogP contribution in [0.4, 0.5) is 0 Å². The quantitative estimate of drug-likeness (QED) is 0.160. The van der Waals surface area contributed by atoms with Gasteiger partial charge in [-0.1, -0.05) is 200 Å². The summed E-state index contributed by atoms with van der Waals surface area (Å²) in [6.07, 6.45) is 0. The van der Waals surface area contributed by atoms with Crippen molar-refractivity contribution in [1.82, 2.24) is 24.1 Å². The molecule has 6 heteroatoms. The highest BCUT2D eigenvalue weighted by Crippen LogP contribution is 2.46. The summed E-state index contributed by atoms with van der Waals surface area (Å²) >= 11 is 0. The lowest BCUT2D eigenvalue weighted by atomic mass is 9.97. The predicted octanol–water partition coefficient (Wildman–Crippen LogP) is 16.3. The SMILES string of the molecule is c1ccc(-c2cccc(-n3c4ccccc4c4ccc5c6c(-c7ccccc7)cccc6n(-c6nc(-c7ccccc7)nc(-c7cccc8oc9cccc(-c%10ccccc%10)c9c78)n6)c5c43)c2)cc1. The molecule has 0 atom stereocenters. The van der Waals surface area contributed by atoms with Crippen molar-refractivity contribution in [2.45, 2.75) is 0 Å². The number of hydrogen-bond acceptors (Lipinski definition) is 4. The van der Waals surface area contributed by atoms with Gasteiger partial charge in [0.25, 0.3) is 0 Å². The van der Waals surface area contributed by atoms with E-state index in [-0.39, 0.29) is 0 Å². The first-order valence-corrected chi connectivity index (χ1v) is 23.3. The molecule has 6 nitrogen and oxygen atoms in total. The van der Waals surface area contributed by atoms with E-state index in [1.165, 1.54) is 0 Å². The Bertz CT molecular complexity index is 4290. The molecular weight excluding hydrogens is 843 g/mol. The number of hydrogen-bond donors (Lipinski definition) is 0. The number of rotatable bonds is 7. The topological polar surface area (TPSA) is 61.7 Å². The predicted molar refractivity (Wildman–Crippen MR) is 283 cm³/mol. The maximum atomic E-state index is 6.65. The second-order valence-electron chi connectivity index (χ2n) is 17.5. The van der Waals surface area contributed by atoms with E-state index in [1.807, 2.05) is 42.5 Å². The van der Waals surface area contributed by atoms with Gasteiger partial charge in [-0.15, -0.1) is 0 Å². The molecular formula is C63H39N5O. The lowest BCUT2D eigenvalue weighted by Gasteiger charge is -2.14. The van der Waals surface area contributed by atoms with Crippen molar-refractivity contribution in [3.63, 3.8) is 0 Å². The molecule has 69 heavy (non-hydrogen) atoms. The summed E-state index contributed by atoms with van der Waals surface area (Å²) in [5.74, 6) is 1.63. The van der Waals surface area contributed by atoms with Gasteiger partial charge in [-0.2, -0.15) is 9.97 Å². The third-order valence-electron chi connectivity index (χ3n) is 13.6. The summed E-state index contributed by atoms with van der Waals surface area (Å²) in [4.78, 5) is 16.5. The molecule has 0 N–H and O–H groups in total. The first-order chi connectivity index (χ1) is 34.2. The van der Waals surface area contributed by atoms with Crippen molar-refractivity contribution in [2.75, 3.05) is 0 Å². The van der Waals surface area contributed by atoms with E-state index in [1.54, 1.807) is 0 Å². The molecule has 0 amide bonds. The summed E-state index contributed by atoms with van der Waals surface area (Å²) in [6, 6.07) is 83.2. The molecule has 322 valence electrons. The van der Waals surface area contributed by atoms with Crippen molar-refractivity contribution in [1.29, 1.82) is 0 Å². The molecule has 0 aliphatic carbocycles. The van der Waals surface area contributed by atoms with Crippen LogP contribution in [0.1, 0.15) is 0 Å². The van der Waals surface area contributed by atoms with Crippen LogP contribution >= 0.6 is 0 Å². The fourth-order valence-electron chi connectivity index (χ4n) is 10.6. The van der Waals surface area contributed by atoms with Crippen LogP contribution in [0.2, 0.25) is 0 Å². The van der Waals surface area contributed by atoms with E-state index >= 15 is 0 Å². The molecule has 14 aromatic rings. The molecule has 0 aliphatic heterocycles. The minimum Gasteiger partial charge on any atom is -0.456 e. The molecule has 0 spiro atoms. The third-order valence-corrected chi connectivity index (χ3v) is 13.6. The highest BCUT2D eigenvalue weighted by atomic mass is 16.3. The fraction of sp³-hybridized carbons (Fsp3) is 0. The lowest BCUT2D eigenvalue weighted by molar-refractivity contribution is 0.669. The van der Waals surface area contributed by atoms with Crippen LogP contribution in [0.25, 0.3) is 133 Å². The van der Waals surface area contributed by atoms with Gasteiger partial charge in [0.1, 0.15) is 11.2 Å². The van der Waals surface area contributed by atoms with E-state index in [9.17, 15) is 0 Å². The normalized spacial score (nSPS) is 11.8. The number of para-hydroxylation sites is 1. The second-order valence-corrected chi connectivity index (χ2v) is 17.5. The van der Waals surface area contributed by atoms with Crippen molar-refractivity contribution in [2.24, 2.45) is 0 Å². The summed E-state index contributed by atoms with van der Waals surface area (Å²) in [6.45, 7) is 0. The summed E-state index contributed by atoms with van der Waals surface area (Å²) in [7, 11) is 0. The van der Waals surface area contributed by atoms with Crippen LogP contribution in [-0.2, 0) is 0 Å². The van der Waals surface area contributed by atoms with Crippen LogP contribution in [0.5, 0.6) is 0 Å². The Morgan fingerprint density at radius 1 is 0.304 bits per heavy atom. The van der Waals surface area contributed by atoms with Gasteiger partial charge in [-0.25, -0.2) is 4.98 Å². The number of aromatic nitrogens is 5. The minimum atomic E-state index is 0.513. The third kappa shape index (κ3) is 6.16. The van der Waals surface area contributed by atoms with Gasteiger partial charge in [0, 0.05) is 49.1 Å². The van der Waals surface area contributed by atoms with E-state index in [2.05, 4.69) is 203 Å². The number of benzene rings is 10. The van der Waals surface area contributed by atoms with E-state index in [0.29, 0.717) is 17.6 Å². The molecule has 0 bridgehead atoms. The Kier molecular flexibility index (Phi) is 8.79. The van der Waals surface area contributed by atoms with Crippen LogP contribution in [0, 0.1) is 0 Å². The standard InChI is InChI=1S/C63H39N5O/c1-5-19-40(20-6-1)44-27-15-28-45(39-44)67-52-33-14-13-29-48(52)49-37-38-50-56-46(41-21-7-2-8-22-41)30-16-34-53(56)68(60(50)59(49)67)63-65-61(43-25-11-4-12-26-43)64-62(66-63)51-32-18-36-55-58(51)57-47(31-17-35-54(57)69-55)42-23-9-3-10-24-42/h1-39H. The number of furan rings is 1. The fourth-order valence-corrected chi connectivity index (χ4v) is 10.6. The van der Waals surface area contributed by atoms with E-state index in [4.69, 9.17) is 19.4 Å². The molecule has 0 aliphatic rings. The summed E-state index contributed by atoms with van der Waals surface area (Å²) in [5, 5.41) is 6.49. The zero-order chi connectivity index (χ0) is 45.4. The van der Waals surface area contributed by atoms with Gasteiger partial charge in [-0.3, -0.25) is 4.57 Å². The van der Waals surface area contributed by atoms with Gasteiger partial charge >= 0.3 is 0 Å². The van der Waals surface area contributed by atoms with Crippen LogP contribution < -0.4 is 0 Å². The Hall–Kier alpha value is -9.39. The number of fused-ring (bicyclic) bond motifs is 10. The van der Waals surface area contributed by atoms with Crippen molar-refractivity contribution < 1.29 is 4.42 Å². The van der Waals surface area contributed by atoms with Crippen molar-refractivity contribution >= 4 is 65.6 Å². The highest BCUT2D eigenvalue weighted by Gasteiger charge is 2.26. The van der Waals surface area contributed by atoms with Crippen LogP contribution in [0.15, 0.2) is 241 Å². The molecule has 14 rings (SSSR count). The second kappa shape index (κ2) is 15.6. The lowest BCUT2D eigenvalue weighted by Crippen LogP contribution is -2.07. The van der Waals surface area contributed by atoms with Crippen LogP contribution in [0.3, 0.4) is 0 Å². The maximum absolute atomic E-state index is 6.65. The smallest absolute Gasteiger partial charge is 0.238 e. The maximum Gasteiger partial charge on any atom is 0.238 e. The van der Waals surface area contributed by atoms with Gasteiger partial charge < -0.3 is 8.98 Å². The van der Waals surface area contributed by atoms with Gasteiger partial charge in [-0.05, 0) is 69.8 Å². The van der Waals surface area contributed by atoms with Gasteiger partial charge in [0.05, 0.1) is 22.1 Å². The molecule has 10 aromatic carbocycles. The molecule has 0 radical (unpaired) electrons. The highest BCUT2D eigenvalue weighted by molar-refractivity contribution is 6.26. The Labute approximate surface area is 396 Å². The van der Waals surface area contributed by atoms with Crippen molar-refractivity contribution in [3.05, 3.63) is 237 Å². The first kappa shape index (κ1) is 38.8. The Morgan fingerprint density at radius 2 is 0.812 bits per heavy atom. The Morgan fingerprint density at radius 3 is 1.52 bits per heavy atom. The average molecular weight is 882 g/mol. The molecule has 4 aromatic heterocycles. The Balaban J connectivity index is 1.14. The first-order valence-electron chi connectivity index (χ1n) is 23.3. The molecule has 4 heterocycles. The number of nitrogens with zero attached hydrogens (tertiary/aromatic N) is 5. The van der Waals surface area contributed by atoms with Gasteiger partial charge in [0.15, 0.2) is 11.6 Å². The van der Waals surface area contributed by atoms with E-state index < -0.39 is 0 Å². The summed E-state index contributed by atoms with van der Waals surface area (Å²) in [5.41, 5.74) is 15.3. The zero-order valence-corrected chi connectivity index (χ0v) is 37.2. The molecule has 0 saturated carbocycles. The molecule has 0 unspecified atom stereocenters. The van der Waals surface area contributed by atoms with E-state index in [0.717, 1.165) is 116 Å². The minimum absolute atomic E-state index is 0.513. The molecule has 0 fully saturated rings. The zero-order valence-electron chi connectivity index (χ0n) is 37.2. The largest absolute Gasteiger partial charge is 0.456 e. The molecule has 0 saturated heterocycles. The summed E-state index contributed by atoms with van der Waals surface area (Å²) < 4.78 is 11.4. The average Bonchev–Trinajstić information content (AvgIpc) is 4.10. The van der Waals surface area contributed by atoms with Crippen LogP contribution in [-0.4, -0.2) is 24.1 Å². The monoisotopic (exact) mass is 881 g/mol. The van der Waals surface area contributed by atoms with Crippen molar-refractivity contribution in [3.8, 4) is 67.8 Å².